The van der Waals surface area contributed by atoms with E-state index in [9.17, 15) is 9.59 Å². The van der Waals surface area contributed by atoms with Crippen molar-refractivity contribution in [2.75, 3.05) is 24.9 Å². The van der Waals surface area contributed by atoms with Gasteiger partial charge >= 0.3 is 0 Å². The fourth-order valence-electron chi connectivity index (χ4n) is 2.65. The maximum absolute atomic E-state index is 12.8. The lowest BCUT2D eigenvalue weighted by molar-refractivity contribution is -0.115. The van der Waals surface area contributed by atoms with Crippen LogP contribution in [0, 0.1) is 0 Å². The Balaban J connectivity index is 2.10. The van der Waals surface area contributed by atoms with E-state index in [1.165, 1.54) is 14.2 Å². The van der Waals surface area contributed by atoms with Crippen molar-refractivity contribution >= 4 is 46.1 Å². The molecule has 1 aliphatic rings. The predicted molar refractivity (Wildman–Crippen MR) is 109 cm³/mol. The number of nitrogens with one attached hydrogen (secondary N) is 2. The van der Waals surface area contributed by atoms with Crippen LogP contribution >= 0.6 is 23.2 Å². The van der Waals surface area contributed by atoms with Crippen LogP contribution in [0.5, 0.6) is 11.5 Å². The zero-order chi connectivity index (χ0) is 20.3. The van der Waals surface area contributed by atoms with Crippen LogP contribution in [0.15, 0.2) is 70.0 Å². The molecule has 8 heteroatoms. The Labute approximate surface area is 171 Å². The normalized spacial score (nSPS) is 14.3. The number of ketones is 2. The first-order valence-corrected chi connectivity index (χ1v) is 8.92. The highest BCUT2D eigenvalue weighted by atomic mass is 35.5. The number of rotatable bonds is 6. The lowest BCUT2D eigenvalue weighted by atomic mass is 10.0. The van der Waals surface area contributed by atoms with Crippen molar-refractivity contribution in [2.24, 2.45) is 0 Å². The maximum atomic E-state index is 12.8. The summed E-state index contributed by atoms with van der Waals surface area (Å²) in [6.45, 7) is 0. The molecule has 0 radical (unpaired) electrons. The van der Waals surface area contributed by atoms with Crippen molar-refractivity contribution in [3.8, 4) is 11.5 Å². The van der Waals surface area contributed by atoms with Crippen LogP contribution in [-0.2, 0) is 9.59 Å². The number of benzene rings is 2. The molecule has 0 saturated carbocycles. The van der Waals surface area contributed by atoms with Crippen molar-refractivity contribution in [3.63, 3.8) is 0 Å². The number of allylic oxidation sites excluding steroid dienone is 2. The molecule has 6 nitrogen and oxygen atoms in total. The zero-order valence-electron chi connectivity index (χ0n) is 15.0. The van der Waals surface area contributed by atoms with E-state index >= 15 is 0 Å². The summed E-state index contributed by atoms with van der Waals surface area (Å²) in [5.74, 6) is -0.253. The lowest BCUT2D eigenvalue weighted by Crippen LogP contribution is -2.28. The number of methoxy groups -OCH3 is 2. The molecule has 0 atom stereocenters. The molecule has 1 aliphatic carbocycles. The van der Waals surface area contributed by atoms with Gasteiger partial charge in [-0.3, -0.25) is 9.59 Å². The van der Waals surface area contributed by atoms with E-state index in [0.717, 1.165) is 0 Å². The highest BCUT2D eigenvalue weighted by Gasteiger charge is 2.34. The van der Waals surface area contributed by atoms with E-state index < -0.39 is 11.6 Å². The summed E-state index contributed by atoms with van der Waals surface area (Å²) >= 11 is 12.0. The van der Waals surface area contributed by atoms with E-state index in [0.29, 0.717) is 22.9 Å². The predicted octanol–water partition coefficient (Wildman–Crippen LogP) is 4.28. The molecule has 0 spiro atoms. The summed E-state index contributed by atoms with van der Waals surface area (Å²) < 4.78 is 10.6. The standard InChI is InChI=1S/C20H16Cl2N2O4/c1-27-13-9-5-3-7-11(13)23-17-18(20(26)16(22)15(21)19(17)25)24-12-8-4-6-10-14(12)28-2/h3-10,23-24H,1-2H3. The quantitative estimate of drug-likeness (QED) is 0.681. The van der Waals surface area contributed by atoms with E-state index in [-0.39, 0.29) is 21.5 Å². The van der Waals surface area contributed by atoms with Gasteiger partial charge in [0.05, 0.1) is 25.6 Å². The molecule has 0 bridgehead atoms. The second-order valence-electron chi connectivity index (χ2n) is 5.69. The third kappa shape index (κ3) is 3.69. The molecule has 2 aromatic carbocycles. The zero-order valence-corrected chi connectivity index (χ0v) is 16.5. The summed E-state index contributed by atoms with van der Waals surface area (Å²) in [4.78, 5) is 25.6. The third-order valence-electron chi connectivity index (χ3n) is 4.03. The molecular formula is C20H16Cl2N2O4. The van der Waals surface area contributed by atoms with Gasteiger partial charge < -0.3 is 20.1 Å². The van der Waals surface area contributed by atoms with E-state index in [4.69, 9.17) is 32.7 Å². The SMILES string of the molecule is COc1ccccc1NC1=C(Nc2ccccc2OC)C(=O)C(Cl)=C(Cl)C1=O. The minimum absolute atomic E-state index is 0.0465. The summed E-state index contributed by atoms with van der Waals surface area (Å²) in [6, 6.07) is 13.9. The largest absolute Gasteiger partial charge is 0.495 e. The summed E-state index contributed by atoms with van der Waals surface area (Å²) in [5, 5.41) is 5.18. The average Bonchev–Trinajstić information content (AvgIpc) is 2.73. The summed E-state index contributed by atoms with van der Waals surface area (Å²) in [5.41, 5.74) is 0.885. The molecule has 0 unspecified atom stereocenters. The fraction of sp³-hybridized carbons (Fsp3) is 0.100. The first kappa shape index (κ1) is 19.8. The Morgan fingerprint density at radius 2 is 1.04 bits per heavy atom. The first-order chi connectivity index (χ1) is 13.5. The molecule has 28 heavy (non-hydrogen) atoms. The summed E-state index contributed by atoms with van der Waals surface area (Å²) in [7, 11) is 3.00. The Morgan fingerprint density at radius 3 is 1.39 bits per heavy atom. The molecule has 0 fully saturated rings. The Bertz CT molecular complexity index is 935. The van der Waals surface area contributed by atoms with Crippen LogP contribution in [0.1, 0.15) is 0 Å². The Hall–Kier alpha value is -2.96. The molecule has 144 valence electrons. The molecule has 0 amide bonds. The minimum Gasteiger partial charge on any atom is -0.495 e. The highest BCUT2D eigenvalue weighted by molar-refractivity contribution is 6.59. The van der Waals surface area contributed by atoms with E-state index in [1.807, 2.05) is 0 Å². The number of Topliss-reactive ketones (excluding diaryl/α,β-unsaturated/α-hetero) is 2. The van der Waals surface area contributed by atoms with Gasteiger partial charge in [-0.15, -0.1) is 0 Å². The number of hydrogen-bond donors (Lipinski definition) is 2. The first-order valence-electron chi connectivity index (χ1n) is 8.17. The number of para-hydroxylation sites is 4. The molecule has 2 N–H and O–H groups in total. The highest BCUT2D eigenvalue weighted by Crippen LogP contribution is 2.34. The van der Waals surface area contributed by atoms with Gasteiger partial charge in [-0.25, -0.2) is 0 Å². The molecule has 0 heterocycles. The van der Waals surface area contributed by atoms with Crippen LogP contribution in [0.2, 0.25) is 0 Å². The van der Waals surface area contributed by atoms with Crippen molar-refractivity contribution in [1.82, 2.24) is 0 Å². The van der Waals surface area contributed by atoms with Gasteiger partial charge in [0.15, 0.2) is 0 Å². The molecule has 2 aromatic rings. The molecule has 3 rings (SSSR count). The van der Waals surface area contributed by atoms with Crippen LogP contribution < -0.4 is 20.1 Å². The van der Waals surface area contributed by atoms with Crippen LogP contribution in [0.4, 0.5) is 11.4 Å². The van der Waals surface area contributed by atoms with Crippen molar-refractivity contribution in [3.05, 3.63) is 70.0 Å². The van der Waals surface area contributed by atoms with Crippen molar-refractivity contribution in [2.45, 2.75) is 0 Å². The Kier molecular flexibility index (Phi) is 5.92. The second-order valence-corrected chi connectivity index (χ2v) is 6.44. The van der Waals surface area contributed by atoms with E-state index in [2.05, 4.69) is 10.6 Å². The third-order valence-corrected chi connectivity index (χ3v) is 4.85. The number of carbonyl (C=O) groups is 2. The van der Waals surface area contributed by atoms with Gasteiger partial charge in [0.25, 0.3) is 0 Å². The second kappa shape index (κ2) is 8.37. The van der Waals surface area contributed by atoms with Crippen LogP contribution in [-0.4, -0.2) is 25.8 Å². The monoisotopic (exact) mass is 418 g/mol. The smallest absolute Gasteiger partial charge is 0.224 e. The topological polar surface area (TPSA) is 76.7 Å². The lowest BCUT2D eigenvalue weighted by Gasteiger charge is -2.22. The molecule has 0 aliphatic heterocycles. The number of ether oxygens (including phenoxy) is 2. The number of hydrogen-bond acceptors (Lipinski definition) is 6. The minimum atomic E-state index is -0.616. The fourth-order valence-corrected chi connectivity index (χ4v) is 3.01. The van der Waals surface area contributed by atoms with Gasteiger partial charge in [0, 0.05) is 0 Å². The molecule has 0 aromatic heterocycles. The van der Waals surface area contributed by atoms with Gasteiger partial charge in [-0.05, 0) is 24.3 Å². The van der Waals surface area contributed by atoms with Gasteiger partial charge in [-0.1, -0.05) is 47.5 Å². The van der Waals surface area contributed by atoms with Gasteiger partial charge in [0.2, 0.25) is 11.6 Å². The summed E-state index contributed by atoms with van der Waals surface area (Å²) in [6.07, 6.45) is 0. The van der Waals surface area contributed by atoms with Crippen molar-refractivity contribution in [1.29, 1.82) is 0 Å². The van der Waals surface area contributed by atoms with Crippen molar-refractivity contribution < 1.29 is 19.1 Å². The number of anilines is 2. The number of carbonyl (C=O) groups excluding carboxylic acids is 2. The molecule has 0 saturated heterocycles. The van der Waals surface area contributed by atoms with Gasteiger partial charge in [-0.2, -0.15) is 0 Å². The average molecular weight is 419 g/mol. The number of halogens is 2. The van der Waals surface area contributed by atoms with E-state index in [1.54, 1.807) is 48.5 Å². The molecular weight excluding hydrogens is 403 g/mol. The van der Waals surface area contributed by atoms with Gasteiger partial charge in [0.1, 0.15) is 33.0 Å². The van der Waals surface area contributed by atoms with Crippen LogP contribution in [0.3, 0.4) is 0 Å². The maximum Gasteiger partial charge on any atom is 0.224 e. The van der Waals surface area contributed by atoms with Crippen LogP contribution in [0.25, 0.3) is 0 Å². The Morgan fingerprint density at radius 1 is 0.679 bits per heavy atom.